The molecule has 119 heavy (non-hydrogen) atoms. The first-order chi connectivity index (χ1) is 56.4. The molecule has 16 aromatic rings. The summed E-state index contributed by atoms with van der Waals surface area (Å²) in [6, 6.07) is 71.9. The minimum Gasteiger partial charge on any atom is -0.207 e. The van der Waals surface area contributed by atoms with Gasteiger partial charge in [0, 0.05) is 27.1 Å². The Morgan fingerprint density at radius 1 is 0.202 bits per heavy atom. The van der Waals surface area contributed by atoms with Crippen LogP contribution in [0, 0.1) is 187 Å². The SMILES string of the molecule is Cc1c(F)c(F)c2c(c1F)CCC(C)C2.Cc1cc(F)c2cc(C)ccc2c1.Cc1cc(F)c2cc(C)ccc2c1.Cc1cc2c(c(F)c1F)CC(C)CC2.Cc1ccc2c(F)c(C)ccc2c1.Cc1ccc2c(F)c(C)ccc2c1.Cc1ccc2cc(C)c(F)cc2c1.Cc1ccc2cc(C)c(F)cc2c1.Cc1ccc2cc(C)ccc2c1. The van der Waals surface area contributed by atoms with Crippen LogP contribution < -0.4 is 0 Å². The molecule has 0 radical (unpaired) electrons. The van der Waals surface area contributed by atoms with E-state index in [-0.39, 0.29) is 46.0 Å². The summed E-state index contributed by atoms with van der Waals surface area (Å²) >= 11 is 0. The van der Waals surface area contributed by atoms with E-state index in [1.165, 1.54) is 28.8 Å². The highest BCUT2D eigenvalue weighted by Crippen LogP contribution is 2.35. The molecule has 0 spiro atoms. The van der Waals surface area contributed by atoms with Crippen LogP contribution in [0.1, 0.15) is 138 Å². The van der Waals surface area contributed by atoms with E-state index < -0.39 is 29.1 Å². The normalized spacial score (nSPS) is 13.1. The molecule has 0 aromatic heterocycles. The zero-order valence-corrected chi connectivity index (χ0v) is 71.4. The van der Waals surface area contributed by atoms with Crippen LogP contribution in [0.2, 0.25) is 0 Å². The molecule has 0 saturated heterocycles. The third-order valence-electron chi connectivity index (χ3n) is 21.9. The van der Waals surface area contributed by atoms with Gasteiger partial charge in [0.1, 0.15) is 40.7 Å². The highest BCUT2D eigenvalue weighted by molar-refractivity contribution is 5.89. The maximum absolute atomic E-state index is 13.6. The Morgan fingerprint density at radius 2 is 0.513 bits per heavy atom. The van der Waals surface area contributed by atoms with Crippen LogP contribution in [0.4, 0.5) is 48.3 Å². The maximum atomic E-state index is 13.6. The Balaban J connectivity index is 0.000000141. The fourth-order valence-corrected chi connectivity index (χ4v) is 15.0. The van der Waals surface area contributed by atoms with E-state index in [0.29, 0.717) is 91.6 Å². The molecule has 614 valence electrons. The lowest BCUT2D eigenvalue weighted by Gasteiger charge is -2.23. The van der Waals surface area contributed by atoms with Crippen molar-refractivity contribution in [3.8, 4) is 0 Å². The van der Waals surface area contributed by atoms with Crippen molar-refractivity contribution < 1.29 is 48.3 Å². The Kier molecular flexibility index (Phi) is 30.1. The zero-order chi connectivity index (χ0) is 86.5. The van der Waals surface area contributed by atoms with Gasteiger partial charge in [0.25, 0.3) is 0 Å². The number of fused-ring (bicyclic) bond motifs is 9. The second-order valence-electron chi connectivity index (χ2n) is 32.7. The molecule has 0 amide bonds. The van der Waals surface area contributed by atoms with Crippen LogP contribution in [-0.4, -0.2) is 0 Å². The van der Waals surface area contributed by atoms with Gasteiger partial charge in [-0.15, -0.1) is 0 Å². The number of hydrogen-bond donors (Lipinski definition) is 0. The molecule has 2 atom stereocenters. The van der Waals surface area contributed by atoms with Gasteiger partial charge >= 0.3 is 0 Å². The van der Waals surface area contributed by atoms with Gasteiger partial charge in [-0.1, -0.05) is 234 Å². The molecule has 0 N–H and O–H groups in total. The van der Waals surface area contributed by atoms with Crippen LogP contribution in [0.3, 0.4) is 0 Å². The van der Waals surface area contributed by atoms with Crippen molar-refractivity contribution in [2.24, 2.45) is 11.8 Å². The van der Waals surface area contributed by atoms with E-state index >= 15 is 0 Å². The number of aryl methyl sites for hydroxylation is 16. The fraction of sp³-hybridized carbons (Fsp3) is 0.241. The molecule has 0 bridgehead atoms. The predicted molar refractivity (Wildman–Crippen MR) is 478 cm³/mol. The van der Waals surface area contributed by atoms with E-state index in [9.17, 15) is 48.3 Å². The summed E-state index contributed by atoms with van der Waals surface area (Å²) in [5, 5.41) is 13.6. The van der Waals surface area contributed by atoms with Crippen LogP contribution in [0.5, 0.6) is 0 Å². The third kappa shape index (κ3) is 23.1. The Morgan fingerprint density at radius 3 is 0.924 bits per heavy atom. The van der Waals surface area contributed by atoms with Crippen LogP contribution in [0.15, 0.2) is 224 Å². The van der Waals surface area contributed by atoms with E-state index in [0.717, 1.165) is 112 Å². The van der Waals surface area contributed by atoms with Gasteiger partial charge < -0.3 is 0 Å². The molecule has 11 heteroatoms. The highest BCUT2D eigenvalue weighted by Gasteiger charge is 2.27. The molecule has 0 saturated carbocycles. The molecule has 0 nitrogen and oxygen atoms in total. The summed E-state index contributed by atoms with van der Waals surface area (Å²) in [6.45, 7) is 34.1. The smallest absolute Gasteiger partial charge is 0.164 e. The topological polar surface area (TPSA) is 0 Å². The summed E-state index contributed by atoms with van der Waals surface area (Å²) < 4.78 is 148. The number of rotatable bonds is 0. The summed E-state index contributed by atoms with van der Waals surface area (Å²) in [4.78, 5) is 0. The first kappa shape index (κ1) is 89.9. The first-order valence-corrected chi connectivity index (χ1v) is 40.5. The quantitative estimate of drug-likeness (QED) is 0.105. The predicted octanol–water partition coefficient (Wildman–Crippen LogP) is 32.0. The minimum absolute atomic E-state index is 0.0995. The average Bonchev–Trinajstić information content (AvgIpc) is 0.777. The third-order valence-corrected chi connectivity index (χ3v) is 21.9. The van der Waals surface area contributed by atoms with Crippen LogP contribution >= 0.6 is 0 Å². The van der Waals surface area contributed by atoms with Gasteiger partial charge in [-0.2, -0.15) is 0 Å². The van der Waals surface area contributed by atoms with Gasteiger partial charge in [-0.05, 0) is 325 Å². The lowest BCUT2D eigenvalue weighted by molar-refractivity contribution is 0.425. The van der Waals surface area contributed by atoms with Gasteiger partial charge in [-0.25, -0.2) is 48.3 Å². The summed E-state index contributed by atoms with van der Waals surface area (Å²) in [5.41, 5.74) is 16.7. The van der Waals surface area contributed by atoms with Crippen molar-refractivity contribution in [3.63, 3.8) is 0 Å². The van der Waals surface area contributed by atoms with Crippen molar-refractivity contribution in [1.29, 1.82) is 0 Å². The zero-order valence-electron chi connectivity index (χ0n) is 71.4. The lowest BCUT2D eigenvalue weighted by Crippen LogP contribution is -2.17. The van der Waals surface area contributed by atoms with Crippen LogP contribution in [-0.2, 0) is 25.7 Å². The molecule has 16 aromatic carbocycles. The standard InChI is InChI=1S/C12H13F3.C12H14F2.6C12H11F.C12H12/c1-6-3-4-8-9(5-6)12(15)11(14)7(2)10(8)13;1-7-3-4-9-6-8(2)11(13)12(14)10(9)5-7;2*1-8-3-6-11-10(7-8)5-4-9(2)12(11)13;2*1-8-3-4-10-5-9(2)7-12(13)11(10)6-8;2*1-8-3-4-10-6-9(2)12(13)7-11(10)5-8;1-9-3-5-12-8-10(2)4-6-11(12)7-9/h6H,3-5H2,1-2H3;6-7H,3-5H2,1-2H3;6*3-7H,1-2H3;3-8H,1-2H3. The molecule has 2 aliphatic rings. The molecule has 0 aliphatic heterocycles. The Hall–Kier alpha value is -11.4. The van der Waals surface area contributed by atoms with Crippen molar-refractivity contribution >= 4 is 75.4 Å². The van der Waals surface area contributed by atoms with E-state index in [1.807, 2.05) is 220 Å². The molecule has 2 aliphatic carbocycles. The Bertz CT molecular complexity index is 6030. The second-order valence-corrected chi connectivity index (χ2v) is 32.7. The summed E-state index contributed by atoms with van der Waals surface area (Å²) in [7, 11) is 0. The fourth-order valence-electron chi connectivity index (χ4n) is 15.0. The number of hydrogen-bond acceptors (Lipinski definition) is 0. The van der Waals surface area contributed by atoms with Crippen molar-refractivity contribution in [2.45, 2.75) is 163 Å². The van der Waals surface area contributed by atoms with Crippen molar-refractivity contribution in [2.75, 3.05) is 0 Å². The van der Waals surface area contributed by atoms with Crippen LogP contribution in [0.25, 0.3) is 75.4 Å². The molecular formula is C108H105F11. The van der Waals surface area contributed by atoms with Gasteiger partial charge in [0.05, 0.1) is 0 Å². The minimum atomic E-state index is -1.03. The van der Waals surface area contributed by atoms with E-state index in [1.54, 1.807) is 65.0 Å². The highest BCUT2D eigenvalue weighted by atomic mass is 19.2. The number of benzene rings is 16. The molecule has 18 rings (SSSR count). The van der Waals surface area contributed by atoms with Crippen molar-refractivity contribution in [3.05, 3.63) is 400 Å². The van der Waals surface area contributed by atoms with Crippen molar-refractivity contribution in [1.82, 2.24) is 0 Å². The summed E-state index contributed by atoms with van der Waals surface area (Å²) in [6.07, 6.45) is 4.44. The lowest BCUT2D eigenvalue weighted by atomic mass is 9.83. The molecule has 2 unspecified atom stereocenters. The molecular weight excluding hydrogens is 1510 g/mol. The number of halogens is 11. The summed E-state index contributed by atoms with van der Waals surface area (Å²) in [5.74, 6) is -3.66. The average molecular weight is 1610 g/mol. The molecule has 0 fully saturated rings. The molecule has 0 heterocycles. The monoisotopic (exact) mass is 1610 g/mol. The van der Waals surface area contributed by atoms with Gasteiger partial charge in [0.15, 0.2) is 23.3 Å². The van der Waals surface area contributed by atoms with E-state index in [2.05, 4.69) is 57.2 Å². The van der Waals surface area contributed by atoms with Gasteiger partial charge in [0.2, 0.25) is 0 Å². The van der Waals surface area contributed by atoms with Gasteiger partial charge in [-0.3, -0.25) is 0 Å². The second kappa shape index (κ2) is 39.9. The largest absolute Gasteiger partial charge is 0.207 e. The maximum Gasteiger partial charge on any atom is 0.164 e. The first-order valence-electron chi connectivity index (χ1n) is 40.5. The van der Waals surface area contributed by atoms with E-state index in [4.69, 9.17) is 0 Å². The Labute approximate surface area is 694 Å².